The van der Waals surface area contributed by atoms with Crippen LogP contribution in [0.2, 0.25) is 0 Å². The summed E-state index contributed by atoms with van der Waals surface area (Å²) in [4.78, 5) is 12.9. The van der Waals surface area contributed by atoms with Crippen LogP contribution < -0.4 is 5.32 Å². The zero-order valence-corrected chi connectivity index (χ0v) is 8.37. The molecule has 80 valence electrons. The third-order valence-corrected chi connectivity index (χ3v) is 2.50. The fourth-order valence-electron chi connectivity index (χ4n) is 1.68. The van der Waals surface area contributed by atoms with Gasteiger partial charge in [0.15, 0.2) is 0 Å². The maximum atomic E-state index is 12.9. The topological polar surface area (TPSA) is 32.3 Å². The van der Waals surface area contributed by atoms with Gasteiger partial charge in [0.05, 0.1) is 0 Å². The zero-order chi connectivity index (χ0) is 10.7. The largest absolute Gasteiger partial charge is 0.336 e. The molecule has 1 aliphatic heterocycles. The molecule has 0 unspecified atom stereocenters. The molecule has 1 aromatic rings. The number of hydrogen-bond acceptors (Lipinski definition) is 1. The quantitative estimate of drug-likeness (QED) is 0.800. The third kappa shape index (κ3) is 2.46. The second-order valence-electron chi connectivity index (χ2n) is 3.60. The van der Waals surface area contributed by atoms with E-state index in [1.54, 1.807) is 11.0 Å². The van der Waals surface area contributed by atoms with E-state index in [2.05, 4.69) is 5.32 Å². The number of benzene rings is 1. The molecular weight excluding hydrogens is 195 g/mol. The molecular formula is C11H13FN2O. The minimum Gasteiger partial charge on any atom is -0.336 e. The molecule has 2 amide bonds. The van der Waals surface area contributed by atoms with Crippen molar-refractivity contribution in [3.8, 4) is 0 Å². The molecule has 0 aliphatic carbocycles. The lowest BCUT2D eigenvalue weighted by molar-refractivity contribution is 0.218. The smallest absolute Gasteiger partial charge is 0.317 e. The first-order valence-corrected chi connectivity index (χ1v) is 5.03. The Morgan fingerprint density at radius 2 is 2.33 bits per heavy atom. The maximum absolute atomic E-state index is 12.9. The number of urea groups is 1. The average Bonchev–Trinajstić information content (AvgIpc) is 2.61. The van der Waals surface area contributed by atoms with Crippen molar-refractivity contribution in [3.63, 3.8) is 0 Å². The SMILES string of the molecule is O=C1NCCN1CCc1cccc(F)c1. The molecule has 1 N–H and O–H groups in total. The van der Waals surface area contributed by atoms with E-state index in [9.17, 15) is 9.18 Å². The van der Waals surface area contributed by atoms with Gasteiger partial charge in [0, 0.05) is 19.6 Å². The highest BCUT2D eigenvalue weighted by Crippen LogP contribution is 2.06. The number of nitrogens with one attached hydrogen (secondary N) is 1. The van der Waals surface area contributed by atoms with E-state index in [1.807, 2.05) is 6.07 Å². The van der Waals surface area contributed by atoms with Gasteiger partial charge in [-0.05, 0) is 24.1 Å². The lowest BCUT2D eigenvalue weighted by Gasteiger charge is -2.13. The first kappa shape index (κ1) is 9.96. The number of halogens is 1. The number of hydrogen-bond donors (Lipinski definition) is 1. The molecule has 2 rings (SSSR count). The van der Waals surface area contributed by atoms with E-state index in [0.29, 0.717) is 19.5 Å². The monoisotopic (exact) mass is 208 g/mol. The summed E-state index contributed by atoms with van der Waals surface area (Å²) < 4.78 is 12.9. The minimum absolute atomic E-state index is 0.0218. The van der Waals surface area contributed by atoms with Crippen molar-refractivity contribution in [1.29, 1.82) is 0 Å². The Labute approximate surface area is 87.9 Å². The molecule has 1 saturated heterocycles. The molecule has 4 heteroatoms. The number of nitrogens with zero attached hydrogens (tertiary/aromatic N) is 1. The zero-order valence-electron chi connectivity index (χ0n) is 8.37. The van der Waals surface area contributed by atoms with Gasteiger partial charge in [-0.25, -0.2) is 9.18 Å². The first-order chi connectivity index (χ1) is 7.25. The number of carbonyl (C=O) groups is 1. The fourth-order valence-corrected chi connectivity index (χ4v) is 1.68. The molecule has 0 atom stereocenters. The normalized spacial score (nSPS) is 15.5. The summed E-state index contributed by atoms with van der Waals surface area (Å²) in [6.45, 7) is 2.10. The molecule has 15 heavy (non-hydrogen) atoms. The number of rotatable bonds is 3. The standard InChI is InChI=1S/C11H13FN2O/c12-10-3-1-2-9(8-10)4-6-14-7-5-13-11(14)15/h1-3,8H,4-7H2,(H,13,15). The van der Waals surface area contributed by atoms with E-state index >= 15 is 0 Å². The van der Waals surface area contributed by atoms with Crippen molar-refractivity contribution in [2.24, 2.45) is 0 Å². The van der Waals surface area contributed by atoms with Crippen molar-refractivity contribution in [1.82, 2.24) is 10.2 Å². The lowest BCUT2D eigenvalue weighted by atomic mass is 10.1. The summed E-state index contributed by atoms with van der Waals surface area (Å²) >= 11 is 0. The predicted molar refractivity (Wildman–Crippen MR) is 55.1 cm³/mol. The molecule has 1 heterocycles. The van der Waals surface area contributed by atoms with E-state index in [4.69, 9.17) is 0 Å². The highest BCUT2D eigenvalue weighted by atomic mass is 19.1. The van der Waals surface area contributed by atoms with Gasteiger partial charge in [-0.1, -0.05) is 12.1 Å². The van der Waals surface area contributed by atoms with Crippen LogP contribution in [0, 0.1) is 5.82 Å². The van der Waals surface area contributed by atoms with Crippen LogP contribution in [0.5, 0.6) is 0 Å². The number of amides is 2. The highest BCUT2D eigenvalue weighted by Gasteiger charge is 2.18. The molecule has 0 aromatic heterocycles. The van der Waals surface area contributed by atoms with Crippen molar-refractivity contribution in [3.05, 3.63) is 35.6 Å². The van der Waals surface area contributed by atoms with Gasteiger partial charge >= 0.3 is 6.03 Å². The van der Waals surface area contributed by atoms with Crippen molar-refractivity contribution >= 4 is 6.03 Å². The van der Waals surface area contributed by atoms with E-state index in [0.717, 1.165) is 12.1 Å². The Bertz CT molecular complexity index is 367. The van der Waals surface area contributed by atoms with Gasteiger partial charge in [0.25, 0.3) is 0 Å². The van der Waals surface area contributed by atoms with Gasteiger partial charge in [-0.2, -0.15) is 0 Å². The fraction of sp³-hybridized carbons (Fsp3) is 0.364. The van der Waals surface area contributed by atoms with Crippen molar-refractivity contribution in [2.75, 3.05) is 19.6 Å². The molecule has 0 spiro atoms. The minimum atomic E-state index is -0.224. The maximum Gasteiger partial charge on any atom is 0.317 e. The van der Waals surface area contributed by atoms with Crippen LogP contribution in [0.25, 0.3) is 0 Å². The van der Waals surface area contributed by atoms with Crippen LogP contribution in [0.1, 0.15) is 5.56 Å². The molecule has 0 radical (unpaired) electrons. The molecule has 1 aliphatic rings. The first-order valence-electron chi connectivity index (χ1n) is 5.03. The Morgan fingerprint density at radius 3 is 3.00 bits per heavy atom. The highest BCUT2D eigenvalue weighted by molar-refractivity contribution is 5.76. The van der Waals surface area contributed by atoms with Crippen LogP contribution >= 0.6 is 0 Å². The van der Waals surface area contributed by atoms with E-state index in [1.165, 1.54) is 12.1 Å². The van der Waals surface area contributed by atoms with Crippen molar-refractivity contribution in [2.45, 2.75) is 6.42 Å². The summed E-state index contributed by atoms with van der Waals surface area (Å²) in [6.07, 6.45) is 0.700. The van der Waals surface area contributed by atoms with Crippen LogP contribution in [-0.4, -0.2) is 30.6 Å². The summed E-state index contributed by atoms with van der Waals surface area (Å²) in [5, 5.41) is 2.73. The average molecular weight is 208 g/mol. The predicted octanol–water partition coefficient (Wildman–Crippen LogP) is 1.39. The summed E-state index contributed by atoms with van der Waals surface area (Å²) in [5.41, 5.74) is 0.926. The molecule has 3 nitrogen and oxygen atoms in total. The third-order valence-electron chi connectivity index (χ3n) is 2.50. The summed E-state index contributed by atoms with van der Waals surface area (Å²) in [6, 6.07) is 6.47. The Morgan fingerprint density at radius 1 is 1.47 bits per heavy atom. The summed E-state index contributed by atoms with van der Waals surface area (Å²) in [5.74, 6) is -0.224. The van der Waals surface area contributed by atoms with Crippen molar-refractivity contribution < 1.29 is 9.18 Å². The Kier molecular flexibility index (Phi) is 2.85. The second kappa shape index (κ2) is 4.29. The number of carbonyl (C=O) groups excluding carboxylic acids is 1. The van der Waals surface area contributed by atoms with Gasteiger partial charge < -0.3 is 10.2 Å². The van der Waals surface area contributed by atoms with Gasteiger partial charge in [0.2, 0.25) is 0 Å². The van der Waals surface area contributed by atoms with Crippen LogP contribution in [0.15, 0.2) is 24.3 Å². The van der Waals surface area contributed by atoms with E-state index < -0.39 is 0 Å². The molecule has 1 fully saturated rings. The summed E-state index contributed by atoms with van der Waals surface area (Å²) in [7, 11) is 0. The van der Waals surface area contributed by atoms with Gasteiger partial charge in [-0.15, -0.1) is 0 Å². The molecule has 0 saturated carbocycles. The van der Waals surface area contributed by atoms with Crippen LogP contribution in [0.3, 0.4) is 0 Å². The van der Waals surface area contributed by atoms with Gasteiger partial charge in [0.1, 0.15) is 5.82 Å². The van der Waals surface area contributed by atoms with Crippen LogP contribution in [-0.2, 0) is 6.42 Å². The Balaban J connectivity index is 1.90. The molecule has 1 aromatic carbocycles. The lowest BCUT2D eigenvalue weighted by Crippen LogP contribution is -2.29. The van der Waals surface area contributed by atoms with Gasteiger partial charge in [-0.3, -0.25) is 0 Å². The Hall–Kier alpha value is -1.58. The van der Waals surface area contributed by atoms with Crippen LogP contribution in [0.4, 0.5) is 9.18 Å². The van der Waals surface area contributed by atoms with E-state index in [-0.39, 0.29) is 11.8 Å². The second-order valence-corrected chi connectivity index (χ2v) is 3.60. The molecule has 0 bridgehead atoms.